The molecule has 0 fully saturated rings. The van der Waals surface area contributed by atoms with Crippen LogP contribution in [0.2, 0.25) is 0 Å². The van der Waals surface area contributed by atoms with Crippen LogP contribution in [0.5, 0.6) is 0 Å². The molecule has 1 aliphatic heterocycles. The quantitative estimate of drug-likeness (QED) is 0.726. The van der Waals surface area contributed by atoms with Crippen LogP contribution in [0.25, 0.3) is 0 Å². The molecule has 0 bridgehead atoms. The van der Waals surface area contributed by atoms with E-state index >= 15 is 0 Å². The average molecular weight is 204 g/mol. The van der Waals surface area contributed by atoms with Gasteiger partial charge in [-0.2, -0.15) is 0 Å². The molecular formula is C13H20N2. The first-order chi connectivity index (χ1) is 7.42. The summed E-state index contributed by atoms with van der Waals surface area (Å²) >= 11 is 0. The SMILES string of the molecule is CCNCCc1cccc2c1CNCC2. The van der Waals surface area contributed by atoms with Gasteiger partial charge in [-0.25, -0.2) is 0 Å². The van der Waals surface area contributed by atoms with Crippen molar-refractivity contribution in [1.82, 2.24) is 10.6 Å². The maximum absolute atomic E-state index is 3.45. The molecule has 2 nitrogen and oxygen atoms in total. The summed E-state index contributed by atoms with van der Waals surface area (Å²) < 4.78 is 0. The van der Waals surface area contributed by atoms with Crippen LogP contribution < -0.4 is 10.6 Å². The topological polar surface area (TPSA) is 24.1 Å². The lowest BCUT2D eigenvalue weighted by Gasteiger charge is -2.20. The standard InChI is InChI=1S/C13H20N2/c1-2-14-8-6-11-4-3-5-12-7-9-15-10-13(11)12/h3-5,14-15H,2,6-10H2,1H3. The maximum atomic E-state index is 3.45. The second-order valence-electron chi connectivity index (χ2n) is 4.09. The minimum atomic E-state index is 1.05. The molecule has 15 heavy (non-hydrogen) atoms. The Morgan fingerprint density at radius 2 is 2.33 bits per heavy atom. The lowest BCUT2D eigenvalue weighted by atomic mass is 9.94. The molecule has 1 aromatic carbocycles. The first-order valence-corrected chi connectivity index (χ1v) is 5.93. The fourth-order valence-corrected chi connectivity index (χ4v) is 2.22. The highest BCUT2D eigenvalue weighted by atomic mass is 14.9. The Morgan fingerprint density at radius 1 is 1.40 bits per heavy atom. The molecule has 2 N–H and O–H groups in total. The fourth-order valence-electron chi connectivity index (χ4n) is 2.22. The van der Waals surface area contributed by atoms with Gasteiger partial charge in [0.15, 0.2) is 0 Å². The molecule has 0 unspecified atom stereocenters. The molecule has 2 heteroatoms. The van der Waals surface area contributed by atoms with Crippen molar-refractivity contribution in [3.8, 4) is 0 Å². The zero-order valence-electron chi connectivity index (χ0n) is 9.47. The average Bonchev–Trinajstić information content (AvgIpc) is 2.30. The van der Waals surface area contributed by atoms with Crippen LogP contribution in [0, 0.1) is 0 Å². The van der Waals surface area contributed by atoms with E-state index < -0.39 is 0 Å². The summed E-state index contributed by atoms with van der Waals surface area (Å²) in [5, 5.41) is 6.83. The number of nitrogens with one attached hydrogen (secondary N) is 2. The molecule has 2 rings (SSSR count). The van der Waals surface area contributed by atoms with Crippen LogP contribution in [-0.4, -0.2) is 19.6 Å². The summed E-state index contributed by atoms with van der Waals surface area (Å²) in [5.74, 6) is 0. The molecule has 1 aliphatic rings. The number of likely N-dealkylation sites (N-methyl/N-ethyl adjacent to an activating group) is 1. The highest BCUT2D eigenvalue weighted by Gasteiger charge is 2.11. The predicted molar refractivity (Wildman–Crippen MR) is 64.1 cm³/mol. The van der Waals surface area contributed by atoms with Crippen LogP contribution in [0.15, 0.2) is 18.2 Å². The third-order valence-electron chi connectivity index (χ3n) is 3.06. The van der Waals surface area contributed by atoms with Crippen molar-refractivity contribution < 1.29 is 0 Å². The van der Waals surface area contributed by atoms with Crippen molar-refractivity contribution in [2.24, 2.45) is 0 Å². The van der Waals surface area contributed by atoms with E-state index in [2.05, 4.69) is 35.8 Å². The fraction of sp³-hybridized carbons (Fsp3) is 0.538. The van der Waals surface area contributed by atoms with E-state index in [1.807, 2.05) is 0 Å². The van der Waals surface area contributed by atoms with Crippen LogP contribution >= 0.6 is 0 Å². The van der Waals surface area contributed by atoms with E-state index in [0.29, 0.717) is 0 Å². The summed E-state index contributed by atoms with van der Waals surface area (Å²) in [5.41, 5.74) is 4.60. The molecule has 0 saturated heterocycles. The van der Waals surface area contributed by atoms with Crippen molar-refractivity contribution in [1.29, 1.82) is 0 Å². The van der Waals surface area contributed by atoms with Gasteiger partial charge in [-0.15, -0.1) is 0 Å². The summed E-state index contributed by atoms with van der Waals surface area (Å²) in [6, 6.07) is 6.74. The van der Waals surface area contributed by atoms with Crippen molar-refractivity contribution in [3.63, 3.8) is 0 Å². The van der Waals surface area contributed by atoms with Gasteiger partial charge in [0.25, 0.3) is 0 Å². The normalized spacial score (nSPS) is 15.0. The van der Waals surface area contributed by atoms with Crippen molar-refractivity contribution in [3.05, 3.63) is 34.9 Å². The summed E-state index contributed by atoms with van der Waals surface area (Å²) in [6.07, 6.45) is 2.34. The zero-order chi connectivity index (χ0) is 10.5. The number of fused-ring (bicyclic) bond motifs is 1. The number of rotatable bonds is 4. The molecule has 0 spiro atoms. The minimum Gasteiger partial charge on any atom is -0.317 e. The molecule has 0 saturated carbocycles. The largest absolute Gasteiger partial charge is 0.317 e. The predicted octanol–water partition coefficient (Wildman–Crippen LogP) is 1.48. The number of hydrogen-bond acceptors (Lipinski definition) is 2. The number of benzene rings is 1. The van der Waals surface area contributed by atoms with E-state index in [-0.39, 0.29) is 0 Å². The van der Waals surface area contributed by atoms with Gasteiger partial charge in [-0.3, -0.25) is 0 Å². The van der Waals surface area contributed by atoms with E-state index in [1.165, 1.54) is 12.0 Å². The Kier molecular flexibility index (Phi) is 3.75. The van der Waals surface area contributed by atoms with Gasteiger partial charge in [0, 0.05) is 6.54 Å². The summed E-state index contributed by atoms with van der Waals surface area (Å²) in [6.45, 7) is 6.49. The Labute approximate surface area is 92.1 Å². The van der Waals surface area contributed by atoms with Crippen molar-refractivity contribution >= 4 is 0 Å². The molecule has 0 aromatic heterocycles. The molecule has 82 valence electrons. The Bertz CT molecular complexity index is 320. The van der Waals surface area contributed by atoms with Crippen LogP contribution in [0.1, 0.15) is 23.6 Å². The highest BCUT2D eigenvalue weighted by molar-refractivity contribution is 5.37. The van der Waals surface area contributed by atoms with E-state index in [0.717, 1.165) is 32.6 Å². The molecule has 1 heterocycles. The van der Waals surface area contributed by atoms with Gasteiger partial charge >= 0.3 is 0 Å². The Hall–Kier alpha value is -0.860. The van der Waals surface area contributed by atoms with Crippen LogP contribution in [0.3, 0.4) is 0 Å². The van der Waals surface area contributed by atoms with Gasteiger partial charge < -0.3 is 10.6 Å². The molecule has 1 aromatic rings. The van der Waals surface area contributed by atoms with Crippen LogP contribution in [-0.2, 0) is 19.4 Å². The third-order valence-corrected chi connectivity index (χ3v) is 3.06. The molecule has 0 aliphatic carbocycles. The second-order valence-corrected chi connectivity index (χ2v) is 4.09. The van der Waals surface area contributed by atoms with Crippen molar-refractivity contribution in [2.45, 2.75) is 26.3 Å². The Morgan fingerprint density at radius 3 is 3.20 bits per heavy atom. The van der Waals surface area contributed by atoms with Gasteiger partial charge in [-0.1, -0.05) is 25.1 Å². The number of hydrogen-bond donors (Lipinski definition) is 2. The smallest absolute Gasteiger partial charge is 0.0211 e. The van der Waals surface area contributed by atoms with Crippen molar-refractivity contribution in [2.75, 3.05) is 19.6 Å². The minimum absolute atomic E-state index is 1.05. The van der Waals surface area contributed by atoms with E-state index in [1.54, 1.807) is 11.1 Å². The van der Waals surface area contributed by atoms with E-state index in [9.17, 15) is 0 Å². The lowest BCUT2D eigenvalue weighted by molar-refractivity contribution is 0.632. The first kappa shape index (κ1) is 10.7. The molecular weight excluding hydrogens is 184 g/mol. The third kappa shape index (κ3) is 2.58. The molecule has 0 atom stereocenters. The Balaban J connectivity index is 2.09. The van der Waals surface area contributed by atoms with Gasteiger partial charge in [0.1, 0.15) is 0 Å². The lowest BCUT2D eigenvalue weighted by Crippen LogP contribution is -2.25. The van der Waals surface area contributed by atoms with Gasteiger partial charge in [-0.05, 0) is 49.2 Å². The van der Waals surface area contributed by atoms with E-state index in [4.69, 9.17) is 0 Å². The zero-order valence-corrected chi connectivity index (χ0v) is 9.47. The monoisotopic (exact) mass is 204 g/mol. The van der Waals surface area contributed by atoms with Gasteiger partial charge in [0.2, 0.25) is 0 Å². The second kappa shape index (κ2) is 5.29. The van der Waals surface area contributed by atoms with Crippen LogP contribution in [0.4, 0.5) is 0 Å². The molecule has 0 radical (unpaired) electrons. The summed E-state index contributed by atoms with van der Waals surface area (Å²) in [7, 11) is 0. The van der Waals surface area contributed by atoms with Gasteiger partial charge in [0.05, 0.1) is 0 Å². The maximum Gasteiger partial charge on any atom is 0.0211 e. The molecule has 0 amide bonds. The highest BCUT2D eigenvalue weighted by Crippen LogP contribution is 2.18. The first-order valence-electron chi connectivity index (χ1n) is 5.93. The summed E-state index contributed by atoms with van der Waals surface area (Å²) in [4.78, 5) is 0.